The number of rotatable bonds is 9. The lowest BCUT2D eigenvalue weighted by molar-refractivity contribution is -0.122. The van der Waals surface area contributed by atoms with Crippen LogP contribution < -0.4 is 14.4 Å². The Bertz CT molecular complexity index is 909. The third kappa shape index (κ3) is 5.97. The number of hydrogen-bond donors (Lipinski definition) is 1. The van der Waals surface area contributed by atoms with Gasteiger partial charge in [-0.25, -0.2) is 8.42 Å². The highest BCUT2D eigenvalue weighted by molar-refractivity contribution is 7.92. The van der Waals surface area contributed by atoms with Crippen LogP contribution in [0.25, 0.3) is 0 Å². The molecule has 2 aromatic rings. The van der Waals surface area contributed by atoms with Crippen molar-refractivity contribution >= 4 is 21.6 Å². The fourth-order valence-electron chi connectivity index (χ4n) is 3.12. The molecule has 2 rings (SSSR count). The number of hydrogen-bond acceptors (Lipinski definition) is 4. The minimum Gasteiger partial charge on any atom is -0.494 e. The highest BCUT2D eigenvalue weighted by atomic mass is 32.2. The molecule has 0 aliphatic carbocycles. The zero-order chi connectivity index (χ0) is 21.6. The Morgan fingerprint density at radius 3 is 2.10 bits per heavy atom. The highest BCUT2D eigenvalue weighted by Gasteiger charge is 2.29. The topological polar surface area (TPSA) is 75.7 Å². The van der Waals surface area contributed by atoms with E-state index < -0.39 is 16.1 Å². The Balaban J connectivity index is 2.19. The number of nitrogens with zero attached hydrogens (tertiary/aromatic N) is 1. The zero-order valence-corrected chi connectivity index (χ0v) is 18.5. The van der Waals surface area contributed by atoms with Gasteiger partial charge in [0.1, 0.15) is 11.8 Å². The molecule has 0 saturated heterocycles. The van der Waals surface area contributed by atoms with Crippen LogP contribution in [0.4, 0.5) is 5.69 Å². The lowest BCUT2D eigenvalue weighted by Crippen LogP contribution is -2.48. The Hall–Kier alpha value is -2.54. The fraction of sp³-hybridized carbons (Fsp3) is 0.409. The van der Waals surface area contributed by atoms with Crippen molar-refractivity contribution in [2.24, 2.45) is 0 Å². The van der Waals surface area contributed by atoms with Crippen LogP contribution in [0.2, 0.25) is 0 Å². The summed E-state index contributed by atoms with van der Waals surface area (Å²) in [7, 11) is -3.67. The molecule has 0 saturated carbocycles. The Morgan fingerprint density at radius 1 is 1.03 bits per heavy atom. The third-order valence-corrected chi connectivity index (χ3v) is 5.98. The molecule has 158 valence electrons. The van der Waals surface area contributed by atoms with E-state index in [0.29, 0.717) is 18.0 Å². The van der Waals surface area contributed by atoms with Gasteiger partial charge >= 0.3 is 0 Å². The van der Waals surface area contributed by atoms with E-state index in [1.54, 1.807) is 31.2 Å². The number of nitrogens with one attached hydrogen (secondary N) is 1. The first-order valence-corrected chi connectivity index (χ1v) is 11.6. The van der Waals surface area contributed by atoms with Gasteiger partial charge in [-0.15, -0.1) is 0 Å². The maximum Gasteiger partial charge on any atom is 0.244 e. The van der Waals surface area contributed by atoms with Gasteiger partial charge < -0.3 is 10.1 Å². The van der Waals surface area contributed by atoms with Crippen LogP contribution in [-0.2, 0) is 21.2 Å². The van der Waals surface area contributed by atoms with Gasteiger partial charge in [-0.3, -0.25) is 9.10 Å². The summed E-state index contributed by atoms with van der Waals surface area (Å²) in [6, 6.07) is 13.6. The predicted molar refractivity (Wildman–Crippen MR) is 117 cm³/mol. The van der Waals surface area contributed by atoms with Crippen LogP contribution in [0.3, 0.4) is 0 Å². The monoisotopic (exact) mass is 418 g/mol. The van der Waals surface area contributed by atoms with Crippen molar-refractivity contribution in [1.82, 2.24) is 5.32 Å². The molecule has 2 aromatic carbocycles. The predicted octanol–water partition coefficient (Wildman–Crippen LogP) is 3.68. The number of amides is 1. The smallest absolute Gasteiger partial charge is 0.244 e. The molecule has 0 aliphatic heterocycles. The fourth-order valence-corrected chi connectivity index (χ4v) is 4.30. The van der Waals surface area contributed by atoms with Gasteiger partial charge in [-0.1, -0.05) is 31.2 Å². The molecule has 29 heavy (non-hydrogen) atoms. The second kappa shape index (κ2) is 9.78. The maximum absolute atomic E-state index is 12.8. The molecule has 1 N–H and O–H groups in total. The van der Waals surface area contributed by atoms with Crippen LogP contribution in [0.5, 0.6) is 5.75 Å². The molecular weight excluding hydrogens is 388 g/mol. The van der Waals surface area contributed by atoms with Crippen molar-refractivity contribution in [3.63, 3.8) is 0 Å². The summed E-state index contributed by atoms with van der Waals surface area (Å²) < 4.78 is 31.4. The molecule has 6 nitrogen and oxygen atoms in total. The average Bonchev–Trinajstić information content (AvgIpc) is 2.68. The standard InChI is InChI=1S/C22H30N2O4S/c1-6-18-8-10-19(11-9-18)16(3)23-22(25)17(4)24(29(5,26)27)20-12-14-21(15-13-20)28-7-2/h8-17H,6-7H2,1-5H3,(H,23,25)/t16-,17-/m0/s1. The summed E-state index contributed by atoms with van der Waals surface area (Å²) in [6.45, 7) is 7.95. The SMILES string of the molecule is CCOc1ccc(N([C@@H](C)C(=O)N[C@@H](C)c2ccc(CC)cc2)S(C)(=O)=O)cc1. The molecule has 1 amide bonds. The average molecular weight is 419 g/mol. The molecule has 0 unspecified atom stereocenters. The number of carbonyl (C=O) groups excluding carboxylic acids is 1. The van der Waals surface area contributed by atoms with Crippen LogP contribution >= 0.6 is 0 Å². The van der Waals surface area contributed by atoms with Crippen LogP contribution in [0.1, 0.15) is 44.9 Å². The number of sulfonamides is 1. The first-order valence-electron chi connectivity index (χ1n) is 9.78. The molecule has 0 heterocycles. The lowest BCUT2D eigenvalue weighted by atomic mass is 10.0. The van der Waals surface area contributed by atoms with Gasteiger partial charge in [0.05, 0.1) is 24.6 Å². The minimum absolute atomic E-state index is 0.238. The number of aryl methyl sites for hydroxylation is 1. The Kier molecular flexibility index (Phi) is 7.67. The highest BCUT2D eigenvalue weighted by Crippen LogP contribution is 2.24. The van der Waals surface area contributed by atoms with Crippen molar-refractivity contribution in [3.8, 4) is 5.75 Å². The summed E-state index contributed by atoms with van der Waals surface area (Å²) in [5, 5.41) is 2.92. The van der Waals surface area contributed by atoms with Crippen molar-refractivity contribution < 1.29 is 17.9 Å². The van der Waals surface area contributed by atoms with Crippen LogP contribution in [-0.4, -0.2) is 33.2 Å². The Labute approximate surface area is 173 Å². The summed E-state index contributed by atoms with van der Waals surface area (Å²) in [5.74, 6) is 0.280. The van der Waals surface area contributed by atoms with E-state index in [1.165, 1.54) is 5.56 Å². The second-order valence-corrected chi connectivity index (χ2v) is 8.85. The van der Waals surface area contributed by atoms with E-state index in [2.05, 4.69) is 12.2 Å². The molecule has 0 bridgehead atoms. The molecule has 0 aromatic heterocycles. The van der Waals surface area contributed by atoms with Gasteiger partial charge in [0.15, 0.2) is 0 Å². The first kappa shape index (κ1) is 22.7. The molecule has 0 fully saturated rings. The van der Waals surface area contributed by atoms with E-state index in [9.17, 15) is 13.2 Å². The first-order chi connectivity index (χ1) is 13.7. The van der Waals surface area contributed by atoms with Crippen LogP contribution in [0.15, 0.2) is 48.5 Å². The molecule has 0 radical (unpaired) electrons. The van der Waals surface area contributed by atoms with E-state index in [1.807, 2.05) is 38.1 Å². The van der Waals surface area contributed by atoms with Gasteiger partial charge in [-0.05, 0) is 62.6 Å². The van der Waals surface area contributed by atoms with E-state index >= 15 is 0 Å². The summed E-state index contributed by atoms with van der Waals surface area (Å²) in [6.07, 6.45) is 2.05. The summed E-state index contributed by atoms with van der Waals surface area (Å²) in [5.41, 5.74) is 2.60. The number of ether oxygens (including phenoxy) is 1. The van der Waals surface area contributed by atoms with Gasteiger partial charge in [0.2, 0.25) is 15.9 Å². The molecule has 7 heteroatoms. The minimum atomic E-state index is -3.67. The maximum atomic E-state index is 12.8. The zero-order valence-electron chi connectivity index (χ0n) is 17.7. The van der Waals surface area contributed by atoms with Crippen molar-refractivity contribution in [2.45, 2.75) is 46.2 Å². The molecule has 0 aliphatic rings. The molecular formula is C22H30N2O4S. The quantitative estimate of drug-likeness (QED) is 0.674. The number of benzene rings is 2. The normalized spacial score (nSPS) is 13.4. The largest absolute Gasteiger partial charge is 0.494 e. The summed E-state index contributed by atoms with van der Waals surface area (Å²) >= 11 is 0. The van der Waals surface area contributed by atoms with Gasteiger partial charge in [0.25, 0.3) is 0 Å². The number of carbonyl (C=O) groups is 1. The molecule has 2 atom stereocenters. The van der Waals surface area contributed by atoms with Crippen LogP contribution in [0, 0.1) is 0 Å². The van der Waals surface area contributed by atoms with E-state index in [4.69, 9.17) is 4.74 Å². The molecule has 0 spiro atoms. The second-order valence-electron chi connectivity index (χ2n) is 6.99. The Morgan fingerprint density at radius 2 is 1.62 bits per heavy atom. The lowest BCUT2D eigenvalue weighted by Gasteiger charge is -2.29. The van der Waals surface area contributed by atoms with Gasteiger partial charge in [0, 0.05) is 0 Å². The van der Waals surface area contributed by atoms with E-state index in [0.717, 1.165) is 22.5 Å². The van der Waals surface area contributed by atoms with Crippen molar-refractivity contribution in [3.05, 3.63) is 59.7 Å². The number of anilines is 1. The van der Waals surface area contributed by atoms with Crippen molar-refractivity contribution in [1.29, 1.82) is 0 Å². The summed E-state index contributed by atoms with van der Waals surface area (Å²) in [4.78, 5) is 12.8. The van der Waals surface area contributed by atoms with E-state index in [-0.39, 0.29) is 11.9 Å². The van der Waals surface area contributed by atoms with Gasteiger partial charge in [-0.2, -0.15) is 0 Å². The van der Waals surface area contributed by atoms with Crippen molar-refractivity contribution in [2.75, 3.05) is 17.2 Å². The third-order valence-electron chi connectivity index (χ3n) is 4.74.